The third kappa shape index (κ3) is 19.8. The SMILES string of the molecule is CCCCCCCCCCCCCCC=CCC1N(CC)CCN1CCO.CCOS(=O)(=O)[O-]. The quantitative estimate of drug-likeness (QED) is 0.102. The fraction of sp³-hybridized carbons (Fsp3) is 0.923. The second kappa shape index (κ2) is 22.9. The highest BCUT2D eigenvalue weighted by Crippen LogP contribution is 2.18. The van der Waals surface area contributed by atoms with E-state index in [-0.39, 0.29) is 13.2 Å². The van der Waals surface area contributed by atoms with Crippen molar-refractivity contribution in [3.05, 3.63) is 12.2 Å². The molecular formula is C26H53N2O5S-. The van der Waals surface area contributed by atoms with Crippen molar-refractivity contribution >= 4 is 10.4 Å². The van der Waals surface area contributed by atoms with Gasteiger partial charge in [0.25, 0.3) is 0 Å². The molecule has 1 fully saturated rings. The molecule has 0 amide bonds. The first-order valence-electron chi connectivity index (χ1n) is 13.7. The van der Waals surface area contributed by atoms with E-state index in [1.807, 2.05) is 0 Å². The van der Waals surface area contributed by atoms with E-state index in [0.29, 0.717) is 6.17 Å². The van der Waals surface area contributed by atoms with E-state index in [2.05, 4.69) is 40.0 Å². The fourth-order valence-electron chi connectivity index (χ4n) is 4.43. The molecule has 0 aliphatic carbocycles. The minimum absolute atomic E-state index is 0.0914. The fourth-order valence-corrected chi connectivity index (χ4v) is 4.71. The lowest BCUT2D eigenvalue weighted by molar-refractivity contribution is 0.120. The molecule has 1 N–H and O–H groups in total. The van der Waals surface area contributed by atoms with E-state index in [0.717, 1.165) is 32.6 Å². The average molecular weight is 506 g/mol. The normalized spacial score (nSPS) is 17.4. The molecule has 1 saturated heterocycles. The highest BCUT2D eigenvalue weighted by atomic mass is 32.3. The van der Waals surface area contributed by atoms with Crippen LogP contribution in [0.3, 0.4) is 0 Å². The molecule has 0 aromatic heterocycles. The largest absolute Gasteiger partial charge is 0.726 e. The van der Waals surface area contributed by atoms with E-state index in [1.165, 1.54) is 90.4 Å². The second-order valence-corrected chi connectivity index (χ2v) is 10.1. The lowest BCUT2D eigenvalue weighted by Crippen LogP contribution is -2.39. The molecule has 204 valence electrons. The highest BCUT2D eigenvalue weighted by Gasteiger charge is 2.28. The van der Waals surface area contributed by atoms with Gasteiger partial charge in [0, 0.05) is 19.6 Å². The third-order valence-electron chi connectivity index (χ3n) is 6.31. The van der Waals surface area contributed by atoms with E-state index >= 15 is 0 Å². The Hall–Kier alpha value is -0.510. The second-order valence-electron chi connectivity index (χ2n) is 9.07. The molecule has 1 rings (SSSR count). The van der Waals surface area contributed by atoms with Gasteiger partial charge in [-0.25, -0.2) is 8.42 Å². The number of nitrogens with zero attached hydrogens (tertiary/aromatic N) is 2. The molecule has 8 heteroatoms. The molecule has 0 bridgehead atoms. The van der Waals surface area contributed by atoms with Gasteiger partial charge in [0.2, 0.25) is 10.4 Å². The number of rotatable bonds is 20. The minimum atomic E-state index is -4.42. The number of aliphatic hydroxyl groups is 1. The summed E-state index contributed by atoms with van der Waals surface area (Å²) in [6.45, 7) is 10.3. The van der Waals surface area contributed by atoms with Crippen molar-refractivity contribution in [2.24, 2.45) is 0 Å². The Bertz CT molecular complexity index is 572. The number of aliphatic hydroxyl groups excluding tert-OH is 1. The van der Waals surface area contributed by atoms with Crippen molar-refractivity contribution in [2.45, 2.75) is 117 Å². The number of allylic oxidation sites excluding steroid dienone is 1. The Morgan fingerprint density at radius 1 is 0.853 bits per heavy atom. The molecule has 34 heavy (non-hydrogen) atoms. The van der Waals surface area contributed by atoms with Crippen molar-refractivity contribution in [1.82, 2.24) is 9.80 Å². The summed E-state index contributed by atoms with van der Waals surface area (Å²) in [6, 6.07) is 0. The van der Waals surface area contributed by atoms with Crippen molar-refractivity contribution in [3.63, 3.8) is 0 Å². The Kier molecular flexibility index (Phi) is 22.6. The average Bonchev–Trinajstić information content (AvgIpc) is 3.18. The summed E-state index contributed by atoms with van der Waals surface area (Å²) in [5.41, 5.74) is 0. The zero-order valence-corrected chi connectivity index (χ0v) is 23.1. The smallest absolute Gasteiger partial charge is 0.217 e. The molecule has 1 unspecified atom stereocenters. The predicted octanol–water partition coefficient (Wildman–Crippen LogP) is 5.46. The summed E-state index contributed by atoms with van der Waals surface area (Å²) < 4.78 is 32.0. The molecular weight excluding hydrogens is 452 g/mol. The summed E-state index contributed by atoms with van der Waals surface area (Å²) in [4.78, 5) is 4.96. The third-order valence-corrected chi connectivity index (χ3v) is 6.84. The summed E-state index contributed by atoms with van der Waals surface area (Å²) in [5, 5.41) is 9.23. The Labute approximate surface area is 210 Å². The van der Waals surface area contributed by atoms with Crippen LogP contribution in [0, 0.1) is 0 Å². The van der Waals surface area contributed by atoms with Gasteiger partial charge in [0.15, 0.2) is 0 Å². The van der Waals surface area contributed by atoms with Crippen LogP contribution < -0.4 is 0 Å². The van der Waals surface area contributed by atoms with E-state index in [9.17, 15) is 18.1 Å². The summed E-state index contributed by atoms with van der Waals surface area (Å²) in [5.74, 6) is 0. The summed E-state index contributed by atoms with van der Waals surface area (Å²) in [7, 11) is -4.42. The molecule has 1 heterocycles. The lowest BCUT2D eigenvalue weighted by Gasteiger charge is -2.28. The van der Waals surface area contributed by atoms with Gasteiger partial charge in [-0.1, -0.05) is 96.6 Å². The number of likely N-dealkylation sites (N-methyl/N-ethyl adjacent to an activating group) is 1. The van der Waals surface area contributed by atoms with Gasteiger partial charge in [0.05, 0.1) is 19.4 Å². The monoisotopic (exact) mass is 505 g/mol. The zero-order valence-electron chi connectivity index (χ0n) is 22.3. The minimum Gasteiger partial charge on any atom is -0.726 e. The summed E-state index contributed by atoms with van der Waals surface area (Å²) >= 11 is 0. The Morgan fingerprint density at radius 2 is 1.38 bits per heavy atom. The van der Waals surface area contributed by atoms with Crippen LogP contribution >= 0.6 is 0 Å². The summed E-state index contributed by atoms with van der Waals surface area (Å²) in [6.07, 6.45) is 24.7. The van der Waals surface area contributed by atoms with Crippen LogP contribution in [0.2, 0.25) is 0 Å². The Balaban J connectivity index is 0.00000135. The number of hydrogen-bond acceptors (Lipinski definition) is 7. The number of unbranched alkanes of at least 4 members (excludes halogenated alkanes) is 12. The van der Waals surface area contributed by atoms with Gasteiger partial charge in [0.1, 0.15) is 0 Å². The van der Waals surface area contributed by atoms with Gasteiger partial charge < -0.3 is 9.66 Å². The topological polar surface area (TPSA) is 93.1 Å². The van der Waals surface area contributed by atoms with Crippen molar-refractivity contribution < 1.29 is 22.3 Å². The van der Waals surface area contributed by atoms with Crippen LogP contribution in [0.4, 0.5) is 0 Å². The first-order chi connectivity index (χ1) is 16.4. The molecule has 1 atom stereocenters. The molecule has 0 aromatic carbocycles. The maximum absolute atomic E-state index is 9.45. The van der Waals surface area contributed by atoms with Crippen LogP contribution in [-0.4, -0.2) is 73.4 Å². The van der Waals surface area contributed by atoms with Crippen molar-refractivity contribution in [1.29, 1.82) is 0 Å². The maximum Gasteiger partial charge on any atom is 0.217 e. The van der Waals surface area contributed by atoms with Gasteiger partial charge in [-0.3, -0.25) is 14.0 Å². The standard InChI is InChI=1S/C24H48N2O.C2H6O4S/c1-3-5-6-7-8-9-10-11-12-13-14-15-16-17-18-19-24-25(4-2)20-21-26(24)22-23-27;1-2-6-7(3,4)5/h17-18,24,27H,3-16,19-23H2,1-2H3;2H2,1H3,(H,3,4,5)/p-1. The molecule has 0 radical (unpaired) electrons. The first-order valence-corrected chi connectivity index (χ1v) is 15.1. The molecule has 0 aromatic rings. The van der Waals surface area contributed by atoms with Gasteiger partial charge in [-0.2, -0.15) is 0 Å². The van der Waals surface area contributed by atoms with E-state index in [1.54, 1.807) is 0 Å². The van der Waals surface area contributed by atoms with Crippen molar-refractivity contribution in [3.8, 4) is 0 Å². The van der Waals surface area contributed by atoms with Crippen LogP contribution in [0.25, 0.3) is 0 Å². The molecule has 1 aliphatic rings. The molecule has 7 nitrogen and oxygen atoms in total. The molecule has 0 spiro atoms. The van der Waals surface area contributed by atoms with Crippen LogP contribution in [0.5, 0.6) is 0 Å². The van der Waals surface area contributed by atoms with Gasteiger partial charge >= 0.3 is 0 Å². The lowest BCUT2D eigenvalue weighted by atomic mass is 10.0. The zero-order chi connectivity index (χ0) is 25.5. The van der Waals surface area contributed by atoms with Crippen LogP contribution in [0.15, 0.2) is 12.2 Å². The highest BCUT2D eigenvalue weighted by molar-refractivity contribution is 7.80. The molecule has 1 aliphatic heterocycles. The Morgan fingerprint density at radius 3 is 1.82 bits per heavy atom. The molecule has 0 saturated carbocycles. The number of β-amino-alcohol motifs (C(OH)–C–C–N with tert-alkyl or cyclic N) is 1. The van der Waals surface area contributed by atoms with Crippen LogP contribution in [0.1, 0.15) is 111 Å². The van der Waals surface area contributed by atoms with E-state index < -0.39 is 10.4 Å². The van der Waals surface area contributed by atoms with Crippen molar-refractivity contribution in [2.75, 3.05) is 39.4 Å². The van der Waals surface area contributed by atoms with Gasteiger partial charge in [-0.15, -0.1) is 0 Å². The van der Waals surface area contributed by atoms with Gasteiger partial charge in [-0.05, 0) is 32.7 Å². The van der Waals surface area contributed by atoms with Crippen LogP contribution in [-0.2, 0) is 14.6 Å². The maximum atomic E-state index is 9.45. The first kappa shape index (κ1) is 33.5. The predicted molar refractivity (Wildman–Crippen MR) is 140 cm³/mol. The number of hydrogen-bond donors (Lipinski definition) is 1. The van der Waals surface area contributed by atoms with E-state index in [4.69, 9.17) is 0 Å².